The van der Waals surface area contributed by atoms with Gasteiger partial charge in [0.05, 0.1) is 11.6 Å². The number of hydrogen-bond donors (Lipinski definition) is 0. The summed E-state index contributed by atoms with van der Waals surface area (Å²) in [7, 11) is 0. The second kappa shape index (κ2) is 4.81. The Hall–Kier alpha value is -1.29. The third-order valence-electron chi connectivity index (χ3n) is 2.33. The Kier molecular flexibility index (Phi) is 3.71. The highest BCUT2D eigenvalue weighted by molar-refractivity contribution is 5.40. The number of benzene rings is 1. The molecule has 0 bridgehead atoms. The van der Waals surface area contributed by atoms with Crippen molar-refractivity contribution in [2.24, 2.45) is 5.92 Å². The first-order valence-electron chi connectivity index (χ1n) is 5.19. The highest BCUT2D eigenvalue weighted by Crippen LogP contribution is 2.15. The van der Waals surface area contributed by atoms with Crippen molar-refractivity contribution in [1.29, 1.82) is 5.26 Å². The molecule has 0 atom stereocenters. The van der Waals surface area contributed by atoms with Crippen LogP contribution in [0.4, 0.5) is 0 Å². The highest BCUT2D eigenvalue weighted by Gasteiger charge is 2.04. The van der Waals surface area contributed by atoms with Crippen LogP contribution in [0.5, 0.6) is 0 Å². The van der Waals surface area contributed by atoms with E-state index in [1.54, 1.807) is 0 Å². The van der Waals surface area contributed by atoms with Crippen molar-refractivity contribution >= 4 is 0 Å². The van der Waals surface area contributed by atoms with Crippen LogP contribution >= 0.6 is 0 Å². The largest absolute Gasteiger partial charge is 0.192 e. The number of nitriles is 1. The average molecular weight is 187 g/mol. The fourth-order valence-corrected chi connectivity index (χ4v) is 1.57. The molecule has 0 spiro atoms. The zero-order valence-electron chi connectivity index (χ0n) is 9.17. The predicted molar refractivity (Wildman–Crippen MR) is 59.1 cm³/mol. The molecule has 0 unspecified atom stereocenters. The molecular formula is C13H17N. The molecule has 14 heavy (non-hydrogen) atoms. The van der Waals surface area contributed by atoms with Crippen LogP contribution in [-0.4, -0.2) is 0 Å². The molecule has 0 N–H and O–H groups in total. The fraction of sp³-hybridized carbons (Fsp3) is 0.462. The maximum Gasteiger partial charge on any atom is 0.0994 e. The van der Waals surface area contributed by atoms with Crippen molar-refractivity contribution in [1.82, 2.24) is 0 Å². The van der Waals surface area contributed by atoms with Gasteiger partial charge in [0.25, 0.3) is 0 Å². The van der Waals surface area contributed by atoms with Crippen LogP contribution in [0.2, 0.25) is 0 Å². The lowest BCUT2D eigenvalue weighted by Gasteiger charge is -2.08. The first-order chi connectivity index (χ1) is 6.67. The van der Waals surface area contributed by atoms with E-state index < -0.39 is 0 Å². The van der Waals surface area contributed by atoms with E-state index in [0.717, 1.165) is 18.4 Å². The molecule has 0 aliphatic carbocycles. The van der Waals surface area contributed by atoms with Gasteiger partial charge in [-0.1, -0.05) is 32.9 Å². The Morgan fingerprint density at radius 2 is 2.07 bits per heavy atom. The molecule has 0 heterocycles. The molecule has 74 valence electrons. The SMILES string of the molecule is CCc1ccc(CC(C)C)c(C#N)c1. The maximum atomic E-state index is 9.00. The third kappa shape index (κ3) is 2.60. The van der Waals surface area contributed by atoms with Crippen LogP contribution in [0.1, 0.15) is 37.5 Å². The minimum absolute atomic E-state index is 0.606. The number of aryl methyl sites for hydroxylation is 1. The van der Waals surface area contributed by atoms with Crippen LogP contribution in [0.25, 0.3) is 0 Å². The second-order valence-electron chi connectivity index (χ2n) is 4.05. The normalized spacial score (nSPS) is 10.2. The fourth-order valence-electron chi connectivity index (χ4n) is 1.57. The molecular weight excluding hydrogens is 170 g/mol. The summed E-state index contributed by atoms with van der Waals surface area (Å²) in [6, 6.07) is 8.51. The standard InChI is InChI=1S/C13H17N/c1-4-11-5-6-12(7-10(2)3)13(8-11)9-14/h5-6,8,10H,4,7H2,1-3H3. The lowest BCUT2D eigenvalue weighted by Crippen LogP contribution is -1.98. The summed E-state index contributed by atoms with van der Waals surface area (Å²) >= 11 is 0. The van der Waals surface area contributed by atoms with Crippen LogP contribution in [0, 0.1) is 17.2 Å². The van der Waals surface area contributed by atoms with Gasteiger partial charge in [0.15, 0.2) is 0 Å². The molecule has 1 aromatic carbocycles. The van der Waals surface area contributed by atoms with Crippen molar-refractivity contribution in [2.45, 2.75) is 33.6 Å². The summed E-state index contributed by atoms with van der Waals surface area (Å²) in [5.41, 5.74) is 3.27. The second-order valence-corrected chi connectivity index (χ2v) is 4.05. The molecule has 0 amide bonds. The molecule has 0 radical (unpaired) electrons. The van der Waals surface area contributed by atoms with Crippen LogP contribution in [0.15, 0.2) is 18.2 Å². The van der Waals surface area contributed by atoms with E-state index in [1.807, 2.05) is 6.07 Å². The van der Waals surface area contributed by atoms with Crippen molar-refractivity contribution in [3.8, 4) is 6.07 Å². The zero-order chi connectivity index (χ0) is 10.6. The van der Waals surface area contributed by atoms with E-state index >= 15 is 0 Å². The molecule has 0 fully saturated rings. The zero-order valence-corrected chi connectivity index (χ0v) is 9.17. The summed E-state index contributed by atoms with van der Waals surface area (Å²) in [5, 5.41) is 9.00. The Morgan fingerprint density at radius 3 is 2.57 bits per heavy atom. The number of rotatable bonds is 3. The Balaban J connectivity index is 3.01. The van der Waals surface area contributed by atoms with E-state index in [0.29, 0.717) is 5.92 Å². The molecule has 0 aliphatic rings. The average Bonchev–Trinajstić information content (AvgIpc) is 2.17. The summed E-state index contributed by atoms with van der Waals surface area (Å²) in [5.74, 6) is 0.606. The van der Waals surface area contributed by atoms with Crippen LogP contribution < -0.4 is 0 Å². The first kappa shape index (κ1) is 10.8. The van der Waals surface area contributed by atoms with Gasteiger partial charge in [0.1, 0.15) is 0 Å². The van der Waals surface area contributed by atoms with Gasteiger partial charge in [-0.2, -0.15) is 5.26 Å². The van der Waals surface area contributed by atoms with Gasteiger partial charge in [-0.3, -0.25) is 0 Å². The molecule has 0 saturated carbocycles. The highest BCUT2D eigenvalue weighted by atomic mass is 14.2. The van der Waals surface area contributed by atoms with E-state index in [9.17, 15) is 0 Å². The predicted octanol–water partition coefficient (Wildman–Crippen LogP) is 3.32. The summed E-state index contributed by atoms with van der Waals surface area (Å²) in [6.45, 7) is 6.46. The summed E-state index contributed by atoms with van der Waals surface area (Å²) < 4.78 is 0. The van der Waals surface area contributed by atoms with Crippen molar-refractivity contribution in [3.63, 3.8) is 0 Å². The molecule has 0 saturated heterocycles. The number of hydrogen-bond acceptors (Lipinski definition) is 1. The van der Waals surface area contributed by atoms with E-state index in [4.69, 9.17) is 5.26 Å². The summed E-state index contributed by atoms with van der Waals surface area (Å²) in [6.07, 6.45) is 1.99. The Labute approximate surface area is 86.4 Å². The van der Waals surface area contributed by atoms with Crippen LogP contribution in [-0.2, 0) is 12.8 Å². The Morgan fingerprint density at radius 1 is 1.36 bits per heavy atom. The maximum absolute atomic E-state index is 9.00. The quantitative estimate of drug-likeness (QED) is 0.712. The van der Waals surface area contributed by atoms with E-state index in [-0.39, 0.29) is 0 Å². The van der Waals surface area contributed by atoms with Gasteiger partial charge in [-0.25, -0.2) is 0 Å². The third-order valence-corrected chi connectivity index (χ3v) is 2.33. The molecule has 1 rings (SSSR count). The minimum atomic E-state index is 0.606. The van der Waals surface area contributed by atoms with E-state index in [1.165, 1.54) is 11.1 Å². The van der Waals surface area contributed by atoms with Crippen molar-refractivity contribution in [2.75, 3.05) is 0 Å². The summed E-state index contributed by atoms with van der Waals surface area (Å²) in [4.78, 5) is 0. The molecule has 0 aliphatic heterocycles. The lowest BCUT2D eigenvalue weighted by atomic mass is 9.96. The van der Waals surface area contributed by atoms with Crippen molar-refractivity contribution in [3.05, 3.63) is 34.9 Å². The van der Waals surface area contributed by atoms with E-state index in [2.05, 4.69) is 39.0 Å². The van der Waals surface area contributed by atoms with Gasteiger partial charge in [0.2, 0.25) is 0 Å². The monoisotopic (exact) mass is 187 g/mol. The molecule has 1 heteroatoms. The molecule has 1 aromatic rings. The van der Waals surface area contributed by atoms with Gasteiger partial charge >= 0.3 is 0 Å². The minimum Gasteiger partial charge on any atom is -0.192 e. The smallest absolute Gasteiger partial charge is 0.0994 e. The van der Waals surface area contributed by atoms with Crippen LogP contribution in [0.3, 0.4) is 0 Å². The Bertz CT molecular complexity index is 345. The topological polar surface area (TPSA) is 23.8 Å². The van der Waals surface area contributed by atoms with Gasteiger partial charge in [-0.15, -0.1) is 0 Å². The molecule has 0 aromatic heterocycles. The number of nitrogens with zero attached hydrogens (tertiary/aromatic N) is 1. The van der Waals surface area contributed by atoms with Crippen molar-refractivity contribution < 1.29 is 0 Å². The molecule has 1 nitrogen and oxygen atoms in total. The lowest BCUT2D eigenvalue weighted by molar-refractivity contribution is 0.646. The van der Waals surface area contributed by atoms with Gasteiger partial charge in [-0.05, 0) is 36.0 Å². The first-order valence-corrected chi connectivity index (χ1v) is 5.19. The van der Waals surface area contributed by atoms with Gasteiger partial charge in [0, 0.05) is 0 Å². The van der Waals surface area contributed by atoms with Gasteiger partial charge < -0.3 is 0 Å².